The van der Waals surface area contributed by atoms with Gasteiger partial charge in [-0.25, -0.2) is 4.98 Å². The summed E-state index contributed by atoms with van der Waals surface area (Å²) in [6.07, 6.45) is 0. The maximum absolute atomic E-state index is 6.62. The van der Waals surface area contributed by atoms with Crippen LogP contribution in [-0.2, 0) is 16.2 Å². The Balaban J connectivity index is 1.17. The van der Waals surface area contributed by atoms with Crippen LogP contribution in [0.2, 0.25) is 0 Å². The molecule has 0 unspecified atom stereocenters. The van der Waals surface area contributed by atoms with Gasteiger partial charge in [0.05, 0.1) is 11.0 Å². The van der Waals surface area contributed by atoms with Crippen molar-refractivity contribution in [3.63, 3.8) is 0 Å². The average molecular weight is 918 g/mol. The quantitative estimate of drug-likeness (QED) is 0.179. The van der Waals surface area contributed by atoms with Gasteiger partial charge in [-0.2, -0.15) is 0 Å². The lowest BCUT2D eigenvalue weighted by Gasteiger charge is -2.25. The smallest absolute Gasteiger partial charge is 0.227 e. The second-order valence-electron chi connectivity index (χ2n) is 22.1. The molecule has 8 aromatic carbocycles. The summed E-state index contributed by atoms with van der Waals surface area (Å²) in [6, 6.07) is 52.2. The number of hydrogen-bond acceptors (Lipinski definition) is 5. The van der Waals surface area contributed by atoms with Crippen LogP contribution < -0.4 is 16.2 Å². The fourth-order valence-electron chi connectivity index (χ4n) is 10.8. The van der Waals surface area contributed by atoms with E-state index in [0.29, 0.717) is 5.89 Å². The molecule has 4 aromatic heterocycles. The van der Waals surface area contributed by atoms with Crippen molar-refractivity contribution >= 4 is 126 Å². The monoisotopic (exact) mass is 917 g/mol. The van der Waals surface area contributed by atoms with Crippen molar-refractivity contribution in [3.05, 3.63) is 156 Å². The summed E-state index contributed by atoms with van der Waals surface area (Å²) in [5.41, 5.74) is 17.6. The molecule has 0 saturated carbocycles. The normalized spacial score (nSPS) is 13.2. The van der Waals surface area contributed by atoms with E-state index in [0.717, 1.165) is 41.0 Å². The van der Waals surface area contributed by atoms with Gasteiger partial charge in [0.15, 0.2) is 12.9 Å². The van der Waals surface area contributed by atoms with E-state index in [9.17, 15) is 0 Å². The Hall–Kier alpha value is -6.67. The summed E-state index contributed by atoms with van der Waals surface area (Å²) in [4.78, 5) is 5.13. The van der Waals surface area contributed by atoms with Crippen LogP contribution in [0.5, 0.6) is 0 Å². The molecule has 13 rings (SSSR count). The van der Waals surface area contributed by atoms with E-state index in [1.807, 2.05) is 40.9 Å². The molecule has 68 heavy (non-hydrogen) atoms. The third kappa shape index (κ3) is 6.35. The Morgan fingerprint density at radius 2 is 1.26 bits per heavy atom. The van der Waals surface area contributed by atoms with Crippen LogP contribution in [-0.4, -0.2) is 16.8 Å². The third-order valence-corrected chi connectivity index (χ3v) is 16.8. The van der Waals surface area contributed by atoms with E-state index in [1.54, 1.807) is 0 Å². The average Bonchev–Trinajstić information content (AvgIpc) is 4.08. The van der Waals surface area contributed by atoms with Crippen molar-refractivity contribution in [1.29, 1.82) is 0 Å². The first kappa shape index (κ1) is 41.5. The minimum atomic E-state index is -0.0272. The van der Waals surface area contributed by atoms with Gasteiger partial charge in [-0.15, -0.1) is 22.7 Å². The molecule has 7 heteroatoms. The highest BCUT2D eigenvalue weighted by Crippen LogP contribution is 2.51. The van der Waals surface area contributed by atoms with Crippen molar-refractivity contribution in [3.8, 4) is 28.3 Å². The van der Waals surface area contributed by atoms with Gasteiger partial charge in [-0.3, -0.25) is 0 Å². The first-order chi connectivity index (χ1) is 32.6. The minimum Gasteiger partial charge on any atom is -0.436 e. The Bertz CT molecular complexity index is 4070. The lowest BCUT2D eigenvalue weighted by Crippen LogP contribution is -2.37. The molecule has 0 atom stereocenters. The van der Waals surface area contributed by atoms with Crippen molar-refractivity contribution in [2.45, 2.75) is 78.6 Å². The minimum absolute atomic E-state index is 0.0272. The molecule has 0 saturated heterocycles. The van der Waals surface area contributed by atoms with Gasteiger partial charge >= 0.3 is 0 Å². The molecule has 332 valence electrons. The van der Waals surface area contributed by atoms with Gasteiger partial charge in [0, 0.05) is 85.4 Å². The number of benzene rings is 8. The molecule has 1 N–H and O–H groups in total. The highest BCUT2D eigenvalue weighted by atomic mass is 32.1. The topological polar surface area (TPSA) is 43.0 Å². The van der Waals surface area contributed by atoms with Crippen LogP contribution in [0.15, 0.2) is 144 Å². The number of anilines is 2. The van der Waals surface area contributed by atoms with Crippen LogP contribution in [0, 0.1) is 0 Å². The highest BCUT2D eigenvalue weighted by Gasteiger charge is 2.33. The summed E-state index contributed by atoms with van der Waals surface area (Å²) in [5, 5.41) is 11.9. The zero-order chi connectivity index (χ0) is 46.6. The second-order valence-corrected chi connectivity index (χ2v) is 24.3. The number of fused-ring (bicyclic) bond motifs is 13. The molecule has 0 radical (unpaired) electrons. The highest BCUT2D eigenvalue weighted by molar-refractivity contribution is 7.27. The Morgan fingerprint density at radius 3 is 2.03 bits per heavy atom. The number of rotatable bonds is 4. The van der Waals surface area contributed by atoms with E-state index >= 15 is 0 Å². The van der Waals surface area contributed by atoms with Crippen LogP contribution in [0.1, 0.15) is 79.0 Å². The van der Waals surface area contributed by atoms with Crippen molar-refractivity contribution in [2.24, 2.45) is 0 Å². The standard InChI is InChI=1S/C61H52BN3OS2/c1-59(2,3)34-19-23-37(24-20-34)63-44-31-51-40(38-25-21-36(61(7,8)9)28-50(38)67-51)29-41(44)52-53-39-17-13-14-18-49(39)68-57(53)54-42-27-35(60(4,5)6)22-26-46(42)65-47-32-48-45(30-43(47)62-55(52)56(54)65)64-58(66-48)33-15-11-10-12-16-33/h10-32,62-63H,1-9H3. The number of aromatic nitrogens is 2. The lowest BCUT2D eigenvalue weighted by molar-refractivity contribution is 0.590. The van der Waals surface area contributed by atoms with Crippen molar-refractivity contribution in [2.75, 3.05) is 5.32 Å². The zero-order valence-corrected chi connectivity index (χ0v) is 41.7. The number of thiophene rings is 2. The molecule has 5 heterocycles. The van der Waals surface area contributed by atoms with Crippen LogP contribution in [0.3, 0.4) is 0 Å². The molecule has 0 amide bonds. The van der Waals surface area contributed by atoms with Gasteiger partial charge in [0.2, 0.25) is 5.89 Å². The molecular weight excluding hydrogens is 866 g/mol. The summed E-state index contributed by atoms with van der Waals surface area (Å²) in [7, 11) is 0.740. The Morgan fingerprint density at radius 1 is 0.574 bits per heavy atom. The van der Waals surface area contributed by atoms with E-state index in [-0.39, 0.29) is 16.2 Å². The Kier molecular flexibility index (Phi) is 8.81. The van der Waals surface area contributed by atoms with E-state index in [1.165, 1.54) is 101 Å². The SMILES string of the molecule is CC(C)(C)c1ccc(Nc2cc3sc4cc(C(C)(C)C)ccc4c3cc2-c2c3c4c(c5cc(C(C)(C)C)ccc5n4-c4cc5oc(-c6ccccc6)nc5cc4B3)c3sc4ccccc4c23)cc1. The van der Waals surface area contributed by atoms with E-state index in [4.69, 9.17) is 9.40 Å². The summed E-state index contributed by atoms with van der Waals surface area (Å²) in [6.45, 7) is 20.7. The largest absolute Gasteiger partial charge is 0.436 e. The van der Waals surface area contributed by atoms with Gasteiger partial charge < -0.3 is 14.3 Å². The first-order valence-corrected chi connectivity index (χ1v) is 25.5. The number of oxazole rings is 1. The Labute approximate surface area is 405 Å². The van der Waals surface area contributed by atoms with Crippen molar-refractivity contribution in [1.82, 2.24) is 9.55 Å². The number of nitrogens with zero attached hydrogens (tertiary/aromatic N) is 2. The van der Waals surface area contributed by atoms with E-state index < -0.39 is 0 Å². The second kappa shape index (κ2) is 14.4. The summed E-state index contributed by atoms with van der Waals surface area (Å²) in [5.74, 6) is 0.641. The molecular formula is C61H52BN3OS2. The lowest BCUT2D eigenvalue weighted by atomic mass is 9.58. The van der Waals surface area contributed by atoms with Gasteiger partial charge in [-0.1, -0.05) is 135 Å². The molecule has 0 aliphatic carbocycles. The molecule has 0 fully saturated rings. The van der Waals surface area contributed by atoms with Crippen LogP contribution in [0.4, 0.5) is 11.4 Å². The third-order valence-electron chi connectivity index (χ3n) is 14.5. The molecule has 1 aliphatic rings. The van der Waals surface area contributed by atoms with Gasteiger partial charge in [0.1, 0.15) is 5.52 Å². The molecule has 0 bridgehead atoms. The fraction of sp³-hybridized carbons (Fsp3) is 0.197. The van der Waals surface area contributed by atoms with E-state index in [2.05, 4.69) is 194 Å². The fourth-order valence-corrected chi connectivity index (χ4v) is 13.2. The number of nitrogens with one attached hydrogen (secondary N) is 1. The van der Waals surface area contributed by atoms with Crippen molar-refractivity contribution < 1.29 is 4.42 Å². The van der Waals surface area contributed by atoms with Crippen LogP contribution >= 0.6 is 22.7 Å². The zero-order valence-electron chi connectivity index (χ0n) is 40.1. The van der Waals surface area contributed by atoms with Gasteiger partial charge in [-0.05, 0) is 111 Å². The predicted molar refractivity (Wildman–Crippen MR) is 297 cm³/mol. The maximum Gasteiger partial charge on any atom is 0.227 e. The maximum atomic E-state index is 6.62. The van der Waals surface area contributed by atoms with Crippen LogP contribution in [0.25, 0.3) is 102 Å². The summed E-state index contributed by atoms with van der Waals surface area (Å²) >= 11 is 3.84. The molecule has 0 spiro atoms. The van der Waals surface area contributed by atoms with Gasteiger partial charge in [0.25, 0.3) is 0 Å². The predicted octanol–water partition coefficient (Wildman–Crippen LogP) is 16.3. The summed E-state index contributed by atoms with van der Waals surface area (Å²) < 4.78 is 14.4. The first-order valence-electron chi connectivity index (χ1n) is 23.9. The molecule has 12 aromatic rings. The number of hydrogen-bond donors (Lipinski definition) is 1. The molecule has 4 nitrogen and oxygen atoms in total. The molecule has 1 aliphatic heterocycles.